The molecule has 0 amide bonds. The lowest BCUT2D eigenvalue weighted by molar-refractivity contribution is -0.0876. The molecule has 1 unspecified atom stereocenters. The Hall–Kier alpha value is -0.120. The zero-order valence-corrected chi connectivity index (χ0v) is 10.6. The highest BCUT2D eigenvalue weighted by Gasteiger charge is 2.24. The van der Waals surface area contributed by atoms with E-state index < -0.39 is 0 Å². The van der Waals surface area contributed by atoms with Gasteiger partial charge < -0.3 is 9.47 Å². The molecule has 15 heavy (non-hydrogen) atoms. The molecule has 0 aromatic rings. The van der Waals surface area contributed by atoms with Crippen LogP contribution in [0.2, 0.25) is 0 Å². The molecule has 1 aliphatic rings. The van der Waals surface area contributed by atoms with Gasteiger partial charge in [0, 0.05) is 20.2 Å². The summed E-state index contributed by atoms with van der Waals surface area (Å²) in [5, 5.41) is 0. The lowest BCUT2D eigenvalue weighted by Gasteiger charge is -2.36. The summed E-state index contributed by atoms with van der Waals surface area (Å²) in [4.78, 5) is 2.43. The van der Waals surface area contributed by atoms with Gasteiger partial charge in [0.2, 0.25) is 0 Å². The number of hydrogen-bond acceptors (Lipinski definition) is 3. The first-order chi connectivity index (χ1) is 7.01. The molecule has 0 spiro atoms. The van der Waals surface area contributed by atoms with E-state index >= 15 is 0 Å². The van der Waals surface area contributed by atoms with Crippen molar-refractivity contribution in [3.63, 3.8) is 0 Å². The standard InChI is InChI=1S/C12H25NO2/c1-12(2,3)15-11-6-5-7-13(10-11)8-9-14-4/h11H,5-10H2,1-4H3. The molecule has 1 aliphatic heterocycles. The van der Waals surface area contributed by atoms with Crippen molar-refractivity contribution in [1.82, 2.24) is 4.90 Å². The van der Waals surface area contributed by atoms with Crippen molar-refractivity contribution in [2.24, 2.45) is 0 Å². The molecule has 90 valence electrons. The fourth-order valence-corrected chi connectivity index (χ4v) is 2.03. The lowest BCUT2D eigenvalue weighted by Crippen LogP contribution is -2.43. The van der Waals surface area contributed by atoms with Crippen molar-refractivity contribution in [3.05, 3.63) is 0 Å². The van der Waals surface area contributed by atoms with Crippen LogP contribution in [-0.4, -0.2) is 50.0 Å². The SMILES string of the molecule is COCCN1CCCC(OC(C)(C)C)C1. The van der Waals surface area contributed by atoms with Gasteiger partial charge in [0.25, 0.3) is 0 Å². The van der Waals surface area contributed by atoms with Gasteiger partial charge in [-0.1, -0.05) is 0 Å². The number of rotatable bonds is 4. The van der Waals surface area contributed by atoms with Crippen LogP contribution in [0, 0.1) is 0 Å². The molecule has 0 aliphatic carbocycles. The van der Waals surface area contributed by atoms with Gasteiger partial charge in [-0.25, -0.2) is 0 Å². The number of piperidine rings is 1. The molecule has 3 heteroatoms. The summed E-state index contributed by atoms with van der Waals surface area (Å²) < 4.78 is 11.1. The van der Waals surface area contributed by atoms with Gasteiger partial charge in [-0.2, -0.15) is 0 Å². The monoisotopic (exact) mass is 215 g/mol. The summed E-state index contributed by atoms with van der Waals surface area (Å²) in [7, 11) is 1.76. The van der Waals surface area contributed by atoms with Gasteiger partial charge in [-0.05, 0) is 40.2 Å². The quantitative estimate of drug-likeness (QED) is 0.715. The van der Waals surface area contributed by atoms with E-state index in [9.17, 15) is 0 Å². The maximum absolute atomic E-state index is 6.01. The maximum atomic E-state index is 6.01. The van der Waals surface area contributed by atoms with E-state index in [1.54, 1.807) is 7.11 Å². The Balaban J connectivity index is 2.29. The van der Waals surface area contributed by atoms with Crippen molar-refractivity contribution in [1.29, 1.82) is 0 Å². The van der Waals surface area contributed by atoms with Crippen molar-refractivity contribution < 1.29 is 9.47 Å². The molecule has 1 heterocycles. The minimum atomic E-state index is -0.0189. The first-order valence-corrected chi connectivity index (χ1v) is 5.90. The van der Waals surface area contributed by atoms with E-state index in [1.807, 2.05) is 0 Å². The zero-order chi connectivity index (χ0) is 11.3. The molecule has 0 N–H and O–H groups in total. The summed E-state index contributed by atoms with van der Waals surface area (Å²) in [5.74, 6) is 0. The van der Waals surface area contributed by atoms with Crippen molar-refractivity contribution >= 4 is 0 Å². The second-order valence-corrected chi connectivity index (χ2v) is 5.29. The van der Waals surface area contributed by atoms with E-state index in [1.165, 1.54) is 19.4 Å². The highest BCUT2D eigenvalue weighted by molar-refractivity contribution is 4.75. The summed E-state index contributed by atoms with van der Waals surface area (Å²) >= 11 is 0. The molecular weight excluding hydrogens is 190 g/mol. The molecule has 1 atom stereocenters. The summed E-state index contributed by atoms with van der Waals surface area (Å²) in [6, 6.07) is 0. The molecular formula is C12H25NO2. The number of likely N-dealkylation sites (tertiary alicyclic amines) is 1. The van der Waals surface area contributed by atoms with Gasteiger partial charge in [-0.3, -0.25) is 4.90 Å². The third kappa shape index (κ3) is 5.50. The molecule has 1 rings (SSSR count). The molecule has 0 aromatic carbocycles. The van der Waals surface area contributed by atoms with Crippen molar-refractivity contribution in [2.75, 3.05) is 33.4 Å². The second-order valence-electron chi connectivity index (χ2n) is 5.29. The van der Waals surface area contributed by atoms with Crippen LogP contribution < -0.4 is 0 Å². The fourth-order valence-electron chi connectivity index (χ4n) is 2.03. The minimum absolute atomic E-state index is 0.0189. The van der Waals surface area contributed by atoms with Crippen LogP contribution in [0.5, 0.6) is 0 Å². The Morgan fingerprint density at radius 3 is 2.67 bits per heavy atom. The largest absolute Gasteiger partial charge is 0.383 e. The molecule has 0 saturated carbocycles. The van der Waals surface area contributed by atoms with Crippen LogP contribution in [0.3, 0.4) is 0 Å². The van der Waals surface area contributed by atoms with Crippen LogP contribution in [0.4, 0.5) is 0 Å². The average Bonchev–Trinajstić information content (AvgIpc) is 2.12. The van der Waals surface area contributed by atoms with E-state index in [-0.39, 0.29) is 5.60 Å². The van der Waals surface area contributed by atoms with E-state index in [0.29, 0.717) is 6.10 Å². The Morgan fingerprint density at radius 2 is 2.07 bits per heavy atom. The van der Waals surface area contributed by atoms with Gasteiger partial charge in [0.05, 0.1) is 18.3 Å². The van der Waals surface area contributed by atoms with Gasteiger partial charge in [-0.15, -0.1) is 0 Å². The van der Waals surface area contributed by atoms with Crippen LogP contribution in [0.1, 0.15) is 33.6 Å². The van der Waals surface area contributed by atoms with Crippen molar-refractivity contribution in [3.8, 4) is 0 Å². The van der Waals surface area contributed by atoms with Gasteiger partial charge >= 0.3 is 0 Å². The molecule has 0 bridgehead atoms. The molecule has 3 nitrogen and oxygen atoms in total. The summed E-state index contributed by atoms with van der Waals surface area (Å²) in [5.41, 5.74) is -0.0189. The third-order valence-corrected chi connectivity index (χ3v) is 2.59. The zero-order valence-electron chi connectivity index (χ0n) is 10.6. The van der Waals surface area contributed by atoms with Crippen LogP contribution in [0.15, 0.2) is 0 Å². The Kier molecular flexibility index (Phi) is 5.03. The highest BCUT2D eigenvalue weighted by Crippen LogP contribution is 2.19. The van der Waals surface area contributed by atoms with Gasteiger partial charge in [0.15, 0.2) is 0 Å². The first kappa shape index (κ1) is 12.9. The first-order valence-electron chi connectivity index (χ1n) is 5.90. The van der Waals surface area contributed by atoms with Crippen LogP contribution >= 0.6 is 0 Å². The van der Waals surface area contributed by atoms with E-state index in [4.69, 9.17) is 9.47 Å². The Morgan fingerprint density at radius 1 is 1.33 bits per heavy atom. The number of methoxy groups -OCH3 is 1. The number of ether oxygens (including phenoxy) is 2. The molecule has 0 radical (unpaired) electrons. The average molecular weight is 215 g/mol. The lowest BCUT2D eigenvalue weighted by atomic mass is 10.1. The second kappa shape index (κ2) is 5.83. The predicted octanol–water partition coefficient (Wildman–Crippen LogP) is 1.91. The van der Waals surface area contributed by atoms with Crippen LogP contribution in [0.25, 0.3) is 0 Å². The maximum Gasteiger partial charge on any atom is 0.0709 e. The minimum Gasteiger partial charge on any atom is -0.383 e. The van der Waals surface area contributed by atoms with Crippen LogP contribution in [-0.2, 0) is 9.47 Å². The van der Waals surface area contributed by atoms with Gasteiger partial charge in [0.1, 0.15) is 0 Å². The van der Waals surface area contributed by atoms with E-state index in [2.05, 4.69) is 25.7 Å². The Labute approximate surface area is 93.7 Å². The highest BCUT2D eigenvalue weighted by atomic mass is 16.5. The summed E-state index contributed by atoms with van der Waals surface area (Å²) in [6.07, 6.45) is 2.83. The predicted molar refractivity (Wildman–Crippen MR) is 62.2 cm³/mol. The number of hydrogen-bond donors (Lipinski definition) is 0. The summed E-state index contributed by atoms with van der Waals surface area (Å²) in [6.45, 7) is 10.5. The topological polar surface area (TPSA) is 21.7 Å². The molecule has 1 saturated heterocycles. The molecule has 1 fully saturated rings. The molecule has 0 aromatic heterocycles. The normalized spacial score (nSPS) is 24.4. The van der Waals surface area contributed by atoms with Crippen molar-refractivity contribution in [2.45, 2.75) is 45.3 Å². The smallest absolute Gasteiger partial charge is 0.0709 e. The van der Waals surface area contributed by atoms with E-state index in [0.717, 1.165) is 19.7 Å². The number of nitrogens with zero attached hydrogens (tertiary/aromatic N) is 1. The fraction of sp³-hybridized carbons (Fsp3) is 1.00. The Bertz CT molecular complexity index is 177. The third-order valence-electron chi connectivity index (χ3n) is 2.59.